The number of ether oxygens (including phenoxy) is 2. The quantitative estimate of drug-likeness (QED) is 0.458. The number of nitrogens with one attached hydrogen (secondary N) is 1. The van der Waals surface area contributed by atoms with E-state index in [9.17, 15) is 14.4 Å². The highest BCUT2D eigenvalue weighted by atomic mass is 35.5. The van der Waals surface area contributed by atoms with Gasteiger partial charge in [-0.1, -0.05) is 17.7 Å². The van der Waals surface area contributed by atoms with E-state index in [1.807, 2.05) is 0 Å². The maximum atomic E-state index is 12.5. The van der Waals surface area contributed by atoms with E-state index >= 15 is 0 Å². The summed E-state index contributed by atoms with van der Waals surface area (Å²) in [7, 11) is 1.58. The van der Waals surface area contributed by atoms with Crippen molar-refractivity contribution in [1.82, 2.24) is 9.13 Å². The van der Waals surface area contributed by atoms with Crippen molar-refractivity contribution in [3.05, 3.63) is 55.7 Å². The molecule has 0 aliphatic rings. The summed E-state index contributed by atoms with van der Waals surface area (Å²) < 4.78 is 12.6. The van der Waals surface area contributed by atoms with E-state index in [4.69, 9.17) is 26.8 Å². The molecule has 2 rings (SSSR count). The van der Waals surface area contributed by atoms with Crippen molar-refractivity contribution in [2.24, 2.45) is 0 Å². The molecule has 0 aliphatic heterocycles. The fourth-order valence-electron chi connectivity index (χ4n) is 2.73. The lowest BCUT2D eigenvalue weighted by atomic mass is 10.2. The Balaban J connectivity index is 2.20. The van der Waals surface area contributed by atoms with Crippen LogP contribution in [0, 0.1) is 0 Å². The van der Waals surface area contributed by atoms with Crippen molar-refractivity contribution in [3.63, 3.8) is 0 Å². The smallest absolute Gasteiger partial charge is 0.332 e. The number of rotatable bonds is 9. The van der Waals surface area contributed by atoms with Gasteiger partial charge < -0.3 is 20.5 Å². The molecule has 0 radical (unpaired) electrons. The van der Waals surface area contributed by atoms with Crippen LogP contribution in [-0.4, -0.2) is 35.4 Å². The minimum absolute atomic E-state index is 0.0837. The van der Waals surface area contributed by atoms with E-state index in [1.54, 1.807) is 39.2 Å². The van der Waals surface area contributed by atoms with Crippen LogP contribution in [0.25, 0.3) is 6.08 Å². The summed E-state index contributed by atoms with van der Waals surface area (Å²) in [6.07, 6.45) is 2.78. The number of hydrogen-bond donors (Lipinski definition) is 2. The number of carbonyl (C=O) groups excluding carboxylic acids is 1. The molecule has 3 N–H and O–H groups in total. The Hall–Kier alpha value is -3.04. The molecule has 0 saturated heterocycles. The van der Waals surface area contributed by atoms with Crippen molar-refractivity contribution in [2.75, 3.05) is 31.4 Å². The van der Waals surface area contributed by atoms with Gasteiger partial charge in [0.15, 0.2) is 0 Å². The summed E-state index contributed by atoms with van der Waals surface area (Å²) in [5.41, 5.74) is 5.30. The fourth-order valence-corrected chi connectivity index (χ4v) is 2.97. The third-order valence-corrected chi connectivity index (χ3v) is 4.57. The number of nitrogens with zero attached hydrogens (tertiary/aromatic N) is 2. The third-order valence-electron chi connectivity index (χ3n) is 4.28. The first-order valence-electron chi connectivity index (χ1n) is 9.37. The molecule has 1 aromatic carbocycles. The van der Waals surface area contributed by atoms with Crippen molar-refractivity contribution >= 4 is 35.1 Å². The molecule has 0 atom stereocenters. The number of nitrogens with two attached hydrogens (primary N) is 1. The Kier molecular flexibility index (Phi) is 8.25. The zero-order chi connectivity index (χ0) is 22.3. The molecule has 162 valence electrons. The molecule has 1 aromatic heterocycles. The number of carbonyl (C=O) groups is 1. The second-order valence-electron chi connectivity index (χ2n) is 6.19. The molecule has 0 fully saturated rings. The van der Waals surface area contributed by atoms with Crippen LogP contribution < -0.4 is 27.0 Å². The normalized spacial score (nSPS) is 11.1. The first-order valence-corrected chi connectivity index (χ1v) is 9.75. The number of nitrogen functional groups attached to an aromatic ring is 1. The van der Waals surface area contributed by atoms with E-state index in [1.165, 1.54) is 16.7 Å². The van der Waals surface area contributed by atoms with Gasteiger partial charge in [-0.3, -0.25) is 18.7 Å². The number of hydrogen-bond acceptors (Lipinski definition) is 6. The topological polar surface area (TPSA) is 118 Å². The molecule has 10 heteroatoms. The van der Waals surface area contributed by atoms with Crippen LogP contribution in [0.2, 0.25) is 5.02 Å². The predicted octanol–water partition coefficient (Wildman–Crippen LogP) is 1.96. The monoisotopic (exact) mass is 436 g/mol. The standard InChI is InChI=1S/C20H25ClN4O5/c1-4-24-18(22)17(19(27)25(5-2)20(24)28)23-16(26)9-7-13-6-8-15(14(21)12-13)30-11-10-29-3/h6-9,12H,4-5,10-11,22H2,1-3H3,(H,23,26)/b9-7+. The summed E-state index contributed by atoms with van der Waals surface area (Å²) in [5, 5.41) is 2.86. The number of aromatic nitrogens is 2. The first kappa shape index (κ1) is 23.2. The predicted molar refractivity (Wildman–Crippen MR) is 117 cm³/mol. The van der Waals surface area contributed by atoms with Gasteiger partial charge in [-0.2, -0.15) is 0 Å². The molecule has 9 nitrogen and oxygen atoms in total. The zero-order valence-electron chi connectivity index (χ0n) is 17.1. The summed E-state index contributed by atoms with van der Waals surface area (Å²) in [6.45, 7) is 4.61. The Bertz CT molecular complexity index is 1060. The molecular formula is C20H25ClN4O5. The van der Waals surface area contributed by atoms with Crippen LogP contribution in [0.5, 0.6) is 5.75 Å². The molecule has 30 heavy (non-hydrogen) atoms. The second-order valence-corrected chi connectivity index (χ2v) is 6.60. The summed E-state index contributed by atoms with van der Waals surface area (Å²) >= 11 is 6.18. The van der Waals surface area contributed by atoms with Crippen molar-refractivity contribution < 1.29 is 14.3 Å². The summed E-state index contributed by atoms with van der Waals surface area (Å²) in [5.74, 6) is -0.149. The van der Waals surface area contributed by atoms with Gasteiger partial charge in [0.25, 0.3) is 5.56 Å². The molecule has 0 spiro atoms. The van der Waals surface area contributed by atoms with E-state index in [0.717, 1.165) is 4.57 Å². The van der Waals surface area contributed by atoms with Crippen molar-refractivity contribution in [3.8, 4) is 5.75 Å². The molecule has 1 amide bonds. The number of benzene rings is 1. The van der Waals surface area contributed by atoms with Gasteiger partial charge in [-0.25, -0.2) is 4.79 Å². The van der Waals surface area contributed by atoms with E-state index in [-0.39, 0.29) is 24.6 Å². The van der Waals surface area contributed by atoms with Gasteiger partial charge in [-0.05, 0) is 37.6 Å². The highest BCUT2D eigenvalue weighted by Crippen LogP contribution is 2.26. The second kappa shape index (κ2) is 10.7. The molecule has 1 heterocycles. The SMILES string of the molecule is CCn1c(N)c(NC(=O)/C=C/c2ccc(OCCOC)c(Cl)c2)c(=O)n(CC)c1=O. The fraction of sp³-hybridized carbons (Fsp3) is 0.350. The van der Waals surface area contributed by atoms with Crippen LogP contribution in [0.15, 0.2) is 33.9 Å². The zero-order valence-corrected chi connectivity index (χ0v) is 17.9. The molecule has 0 bridgehead atoms. The van der Waals surface area contributed by atoms with Crippen LogP contribution in [0.1, 0.15) is 19.4 Å². The molecule has 2 aromatic rings. The molecule has 0 aliphatic carbocycles. The van der Waals surface area contributed by atoms with Crippen molar-refractivity contribution in [2.45, 2.75) is 26.9 Å². The van der Waals surface area contributed by atoms with E-state index in [0.29, 0.717) is 29.5 Å². The Labute approximate surface area is 178 Å². The molecule has 0 unspecified atom stereocenters. The largest absolute Gasteiger partial charge is 0.490 e. The average molecular weight is 437 g/mol. The minimum Gasteiger partial charge on any atom is -0.490 e. The minimum atomic E-state index is -0.646. The van der Waals surface area contributed by atoms with Crippen LogP contribution in [0.4, 0.5) is 11.5 Å². The highest BCUT2D eigenvalue weighted by molar-refractivity contribution is 6.32. The number of methoxy groups -OCH3 is 1. The van der Waals surface area contributed by atoms with Crippen LogP contribution in [0.3, 0.4) is 0 Å². The summed E-state index contributed by atoms with van der Waals surface area (Å²) in [6, 6.07) is 5.06. The highest BCUT2D eigenvalue weighted by Gasteiger charge is 2.16. The number of amides is 1. The molecule has 0 saturated carbocycles. The number of halogens is 1. The van der Waals surface area contributed by atoms with E-state index < -0.39 is 17.2 Å². The van der Waals surface area contributed by atoms with Gasteiger partial charge in [-0.15, -0.1) is 0 Å². The Morgan fingerprint density at radius 2 is 1.90 bits per heavy atom. The van der Waals surface area contributed by atoms with Crippen LogP contribution >= 0.6 is 11.6 Å². The third kappa shape index (κ3) is 5.31. The van der Waals surface area contributed by atoms with Crippen molar-refractivity contribution in [1.29, 1.82) is 0 Å². The first-order chi connectivity index (χ1) is 14.3. The lowest BCUT2D eigenvalue weighted by Crippen LogP contribution is -2.42. The van der Waals surface area contributed by atoms with Gasteiger partial charge in [0.05, 0.1) is 11.6 Å². The average Bonchev–Trinajstić information content (AvgIpc) is 2.72. The maximum Gasteiger partial charge on any atom is 0.332 e. The summed E-state index contributed by atoms with van der Waals surface area (Å²) in [4.78, 5) is 37.1. The maximum absolute atomic E-state index is 12.5. The van der Waals surface area contributed by atoms with Gasteiger partial charge in [0.1, 0.15) is 23.9 Å². The lowest BCUT2D eigenvalue weighted by Gasteiger charge is -2.14. The number of anilines is 2. The van der Waals surface area contributed by atoms with Gasteiger partial charge in [0.2, 0.25) is 5.91 Å². The van der Waals surface area contributed by atoms with Crippen LogP contribution in [-0.2, 0) is 22.6 Å². The Morgan fingerprint density at radius 3 is 2.50 bits per heavy atom. The van der Waals surface area contributed by atoms with Gasteiger partial charge >= 0.3 is 5.69 Å². The lowest BCUT2D eigenvalue weighted by molar-refractivity contribution is -0.111. The van der Waals surface area contributed by atoms with Gasteiger partial charge in [0, 0.05) is 26.3 Å². The molecular weight excluding hydrogens is 412 g/mol. The Morgan fingerprint density at radius 1 is 1.20 bits per heavy atom. The van der Waals surface area contributed by atoms with E-state index in [2.05, 4.69) is 5.32 Å².